The molecule has 1 N–H and O–H groups in total. The maximum Gasteiger partial charge on any atom is 0.00673 e. The van der Waals surface area contributed by atoms with E-state index in [2.05, 4.69) is 53.8 Å². The second kappa shape index (κ2) is 4.76. The molecule has 0 bridgehead atoms. The zero-order valence-electron chi connectivity index (χ0n) is 14.3. The first kappa shape index (κ1) is 15.4. The van der Waals surface area contributed by atoms with Crippen LogP contribution in [0.2, 0.25) is 0 Å². The Morgan fingerprint density at radius 2 is 1.37 bits per heavy atom. The van der Waals surface area contributed by atoms with Crippen molar-refractivity contribution in [2.45, 2.75) is 80.2 Å². The highest BCUT2D eigenvalue weighted by Gasteiger charge is 2.63. The van der Waals surface area contributed by atoms with Gasteiger partial charge in [-0.05, 0) is 60.3 Å². The molecule has 112 valence electrons. The monoisotopic (exact) mass is 265 g/mol. The molecule has 2 fully saturated rings. The van der Waals surface area contributed by atoms with Crippen LogP contribution in [-0.2, 0) is 0 Å². The van der Waals surface area contributed by atoms with Gasteiger partial charge in [-0.1, -0.05) is 48.5 Å². The van der Waals surface area contributed by atoms with Crippen LogP contribution < -0.4 is 5.32 Å². The Kier molecular flexibility index (Phi) is 3.84. The molecule has 2 aliphatic carbocycles. The first-order valence-corrected chi connectivity index (χ1v) is 8.30. The first-order valence-electron chi connectivity index (χ1n) is 8.30. The van der Waals surface area contributed by atoms with Gasteiger partial charge in [-0.2, -0.15) is 0 Å². The predicted octanol–water partition coefficient (Wildman–Crippen LogP) is 4.86. The molecule has 2 saturated carbocycles. The van der Waals surface area contributed by atoms with Gasteiger partial charge in [-0.15, -0.1) is 0 Å². The summed E-state index contributed by atoms with van der Waals surface area (Å²) >= 11 is 0. The fourth-order valence-corrected chi connectivity index (χ4v) is 4.29. The molecule has 0 saturated heterocycles. The molecule has 1 nitrogen and oxygen atoms in total. The van der Waals surface area contributed by atoms with Crippen molar-refractivity contribution < 1.29 is 0 Å². The van der Waals surface area contributed by atoms with Crippen LogP contribution in [-0.4, -0.2) is 12.6 Å². The minimum Gasteiger partial charge on any atom is -0.314 e. The summed E-state index contributed by atoms with van der Waals surface area (Å²) in [6.45, 7) is 18.1. The maximum atomic E-state index is 3.87. The molecule has 0 atom stereocenters. The lowest BCUT2D eigenvalue weighted by molar-refractivity contribution is 0.159. The van der Waals surface area contributed by atoms with Crippen molar-refractivity contribution in [3.63, 3.8) is 0 Å². The van der Waals surface area contributed by atoms with E-state index < -0.39 is 0 Å². The van der Waals surface area contributed by atoms with E-state index in [9.17, 15) is 0 Å². The number of hydrogen-bond donors (Lipinski definition) is 1. The van der Waals surface area contributed by atoms with Gasteiger partial charge in [0.2, 0.25) is 0 Å². The van der Waals surface area contributed by atoms with Gasteiger partial charge in [-0.25, -0.2) is 0 Å². The molecule has 0 heterocycles. The summed E-state index contributed by atoms with van der Waals surface area (Å²) in [7, 11) is 0. The van der Waals surface area contributed by atoms with E-state index in [1.54, 1.807) is 0 Å². The van der Waals surface area contributed by atoms with E-state index in [-0.39, 0.29) is 0 Å². The third-order valence-electron chi connectivity index (χ3n) is 6.88. The van der Waals surface area contributed by atoms with Crippen LogP contribution >= 0.6 is 0 Å². The largest absolute Gasteiger partial charge is 0.314 e. The van der Waals surface area contributed by atoms with Gasteiger partial charge < -0.3 is 5.32 Å². The van der Waals surface area contributed by atoms with Crippen molar-refractivity contribution in [2.75, 3.05) is 6.54 Å². The molecule has 0 aromatic carbocycles. The van der Waals surface area contributed by atoms with Crippen LogP contribution in [0.1, 0.15) is 74.1 Å². The maximum absolute atomic E-state index is 3.87. The van der Waals surface area contributed by atoms with Crippen LogP contribution in [0.3, 0.4) is 0 Å². The molecule has 0 aromatic rings. The third-order valence-corrected chi connectivity index (χ3v) is 6.88. The van der Waals surface area contributed by atoms with Crippen molar-refractivity contribution in [1.29, 1.82) is 0 Å². The second-order valence-electron chi connectivity index (χ2n) is 9.32. The van der Waals surface area contributed by atoms with Crippen LogP contribution in [0.25, 0.3) is 0 Å². The molecule has 2 rings (SSSR count). The molecule has 2 aliphatic rings. The summed E-state index contributed by atoms with van der Waals surface area (Å²) in [5, 5.41) is 3.87. The highest BCUT2D eigenvalue weighted by atomic mass is 14.9. The molecule has 0 aromatic heterocycles. The van der Waals surface area contributed by atoms with Crippen LogP contribution in [0.5, 0.6) is 0 Å². The Labute approximate surface area is 120 Å². The minimum atomic E-state index is 0.505. The van der Waals surface area contributed by atoms with Crippen LogP contribution in [0.4, 0.5) is 0 Å². The normalized spacial score (nSPS) is 34.3. The summed E-state index contributed by atoms with van der Waals surface area (Å²) < 4.78 is 0. The lowest BCUT2D eigenvalue weighted by Crippen LogP contribution is -2.37. The van der Waals surface area contributed by atoms with E-state index in [1.807, 2.05) is 0 Å². The van der Waals surface area contributed by atoms with Gasteiger partial charge in [-0.3, -0.25) is 0 Å². The molecular weight excluding hydrogens is 230 g/mol. The van der Waals surface area contributed by atoms with Crippen molar-refractivity contribution in [2.24, 2.45) is 28.1 Å². The summed E-state index contributed by atoms with van der Waals surface area (Å²) in [6.07, 6.45) is 5.60. The molecule has 1 heteroatoms. The van der Waals surface area contributed by atoms with Gasteiger partial charge in [0.1, 0.15) is 0 Å². The number of rotatable bonds is 3. The Balaban J connectivity index is 1.73. The number of hydrogen-bond acceptors (Lipinski definition) is 1. The van der Waals surface area contributed by atoms with Gasteiger partial charge in [0, 0.05) is 6.04 Å². The Hall–Kier alpha value is -0.0400. The van der Waals surface area contributed by atoms with Crippen molar-refractivity contribution in [3.8, 4) is 0 Å². The number of nitrogens with one attached hydrogen (secondary N) is 1. The average Bonchev–Trinajstić information content (AvgIpc) is 2.66. The SMILES string of the molecule is CC(C)(C)C1CCC(NCC2C(C)(C)C2(C)C)CC1. The summed E-state index contributed by atoms with van der Waals surface area (Å²) in [5.41, 5.74) is 1.57. The van der Waals surface area contributed by atoms with Crippen molar-refractivity contribution in [1.82, 2.24) is 5.32 Å². The van der Waals surface area contributed by atoms with Crippen LogP contribution in [0, 0.1) is 28.1 Å². The average molecular weight is 265 g/mol. The van der Waals surface area contributed by atoms with Crippen LogP contribution in [0.15, 0.2) is 0 Å². The lowest BCUT2D eigenvalue weighted by atomic mass is 9.71. The Morgan fingerprint density at radius 1 is 0.895 bits per heavy atom. The molecule has 0 radical (unpaired) electrons. The molecule has 0 aliphatic heterocycles. The summed E-state index contributed by atoms with van der Waals surface area (Å²) in [4.78, 5) is 0. The molecular formula is C18H35N. The predicted molar refractivity (Wildman–Crippen MR) is 84.3 cm³/mol. The van der Waals surface area contributed by atoms with E-state index in [1.165, 1.54) is 32.2 Å². The van der Waals surface area contributed by atoms with Gasteiger partial charge in [0.05, 0.1) is 0 Å². The summed E-state index contributed by atoms with van der Waals surface area (Å²) in [6, 6.07) is 0.783. The molecule has 0 spiro atoms. The smallest absolute Gasteiger partial charge is 0.00673 e. The lowest BCUT2D eigenvalue weighted by Gasteiger charge is -2.37. The zero-order valence-corrected chi connectivity index (χ0v) is 14.3. The standard InChI is InChI=1S/C18H35N/c1-16(2,3)13-8-10-14(11-9-13)19-12-15-17(4,5)18(15,6)7/h13-15,19H,8-12H2,1-7H3. The topological polar surface area (TPSA) is 12.0 Å². The fourth-order valence-electron chi connectivity index (χ4n) is 4.29. The fraction of sp³-hybridized carbons (Fsp3) is 1.00. The van der Waals surface area contributed by atoms with E-state index in [0.717, 1.165) is 17.9 Å². The quantitative estimate of drug-likeness (QED) is 0.768. The van der Waals surface area contributed by atoms with Crippen molar-refractivity contribution >= 4 is 0 Å². The highest BCUT2D eigenvalue weighted by molar-refractivity contribution is 5.13. The third kappa shape index (κ3) is 2.86. The van der Waals surface area contributed by atoms with Crippen molar-refractivity contribution in [3.05, 3.63) is 0 Å². The van der Waals surface area contributed by atoms with E-state index in [0.29, 0.717) is 16.2 Å². The Bertz CT molecular complexity index is 299. The first-order chi connectivity index (χ1) is 8.57. The molecule has 0 unspecified atom stereocenters. The zero-order chi connectivity index (χ0) is 14.5. The highest BCUT2D eigenvalue weighted by Crippen LogP contribution is 2.68. The van der Waals surface area contributed by atoms with Gasteiger partial charge >= 0.3 is 0 Å². The molecule has 19 heavy (non-hydrogen) atoms. The summed E-state index contributed by atoms with van der Waals surface area (Å²) in [5.74, 6) is 1.79. The van der Waals surface area contributed by atoms with E-state index >= 15 is 0 Å². The Morgan fingerprint density at radius 3 is 1.74 bits per heavy atom. The van der Waals surface area contributed by atoms with E-state index in [4.69, 9.17) is 0 Å². The van der Waals surface area contributed by atoms with Gasteiger partial charge in [0.25, 0.3) is 0 Å². The second-order valence-corrected chi connectivity index (χ2v) is 9.32. The molecule has 0 amide bonds. The van der Waals surface area contributed by atoms with Gasteiger partial charge in [0.15, 0.2) is 0 Å². The minimum absolute atomic E-state index is 0.505.